The molecule has 2 rings (SSSR count). The number of aryl methyl sites for hydroxylation is 2. The first-order valence-corrected chi connectivity index (χ1v) is 7.00. The molecule has 1 heterocycles. The molecule has 1 saturated heterocycles. The van der Waals surface area contributed by atoms with Crippen LogP contribution in [0.15, 0.2) is 18.2 Å². The van der Waals surface area contributed by atoms with E-state index >= 15 is 0 Å². The summed E-state index contributed by atoms with van der Waals surface area (Å²) in [5, 5.41) is 0. The molecule has 18 heavy (non-hydrogen) atoms. The summed E-state index contributed by atoms with van der Waals surface area (Å²) in [6, 6.07) is 6.17. The fourth-order valence-electron chi connectivity index (χ4n) is 2.64. The topological polar surface area (TPSA) is 26.3 Å². The van der Waals surface area contributed by atoms with E-state index in [0.29, 0.717) is 6.61 Å². The smallest absolute Gasteiger partial charge is 0.168 e. The normalized spacial score (nSPS) is 19.8. The van der Waals surface area contributed by atoms with Gasteiger partial charge in [-0.2, -0.15) is 0 Å². The van der Waals surface area contributed by atoms with Crippen LogP contribution in [0.3, 0.4) is 0 Å². The van der Waals surface area contributed by atoms with Crippen LogP contribution in [0.1, 0.15) is 48.2 Å². The minimum atomic E-state index is 0.0657. The van der Waals surface area contributed by atoms with Crippen LogP contribution in [-0.4, -0.2) is 19.0 Å². The van der Waals surface area contributed by atoms with Gasteiger partial charge in [-0.1, -0.05) is 26.0 Å². The fourth-order valence-corrected chi connectivity index (χ4v) is 2.64. The molecule has 98 valence electrons. The lowest BCUT2D eigenvalue weighted by Crippen LogP contribution is -2.25. The molecule has 0 N–H and O–H groups in total. The van der Waals surface area contributed by atoms with Gasteiger partial charge in [-0.25, -0.2) is 0 Å². The van der Waals surface area contributed by atoms with Gasteiger partial charge in [-0.3, -0.25) is 4.79 Å². The Morgan fingerprint density at radius 3 is 2.67 bits per heavy atom. The summed E-state index contributed by atoms with van der Waals surface area (Å²) in [5.74, 6) is 0.322. The van der Waals surface area contributed by atoms with E-state index in [1.807, 2.05) is 6.07 Å². The molecule has 0 aliphatic carbocycles. The summed E-state index contributed by atoms with van der Waals surface area (Å²) in [4.78, 5) is 12.4. The first-order valence-electron chi connectivity index (χ1n) is 7.00. The van der Waals surface area contributed by atoms with E-state index in [9.17, 15) is 4.79 Å². The van der Waals surface area contributed by atoms with E-state index in [1.54, 1.807) is 0 Å². The molecule has 0 aromatic heterocycles. The van der Waals surface area contributed by atoms with Crippen molar-refractivity contribution >= 4 is 5.78 Å². The van der Waals surface area contributed by atoms with Crippen molar-refractivity contribution in [1.82, 2.24) is 0 Å². The minimum absolute atomic E-state index is 0.0657. The predicted octanol–water partition coefficient (Wildman–Crippen LogP) is 3.42. The van der Waals surface area contributed by atoms with Gasteiger partial charge in [0.2, 0.25) is 0 Å². The number of Topliss-reactive ketones (excluding diaryl/α,β-unsaturated/α-hetero) is 1. The van der Waals surface area contributed by atoms with Gasteiger partial charge in [0.05, 0.1) is 6.61 Å². The van der Waals surface area contributed by atoms with Crippen LogP contribution in [0.25, 0.3) is 0 Å². The predicted molar refractivity (Wildman–Crippen MR) is 73.1 cm³/mol. The summed E-state index contributed by atoms with van der Waals surface area (Å²) in [6.45, 7) is 5.70. The van der Waals surface area contributed by atoms with Gasteiger partial charge in [0.15, 0.2) is 5.78 Å². The maximum Gasteiger partial charge on any atom is 0.168 e. The molecule has 0 saturated carbocycles. The van der Waals surface area contributed by atoms with Crippen LogP contribution in [-0.2, 0) is 17.6 Å². The van der Waals surface area contributed by atoms with Crippen LogP contribution in [0, 0.1) is 5.92 Å². The molecule has 1 aromatic carbocycles. The monoisotopic (exact) mass is 246 g/mol. The van der Waals surface area contributed by atoms with Crippen LogP contribution >= 0.6 is 0 Å². The number of ketones is 1. The van der Waals surface area contributed by atoms with Crippen molar-refractivity contribution < 1.29 is 9.53 Å². The van der Waals surface area contributed by atoms with Crippen molar-refractivity contribution in [2.24, 2.45) is 5.92 Å². The van der Waals surface area contributed by atoms with Crippen LogP contribution in [0.2, 0.25) is 0 Å². The average molecular weight is 246 g/mol. The van der Waals surface area contributed by atoms with E-state index in [0.717, 1.165) is 37.9 Å². The molecule has 0 spiro atoms. The molecule has 0 radical (unpaired) electrons. The van der Waals surface area contributed by atoms with Gasteiger partial charge in [0.25, 0.3) is 0 Å². The number of hydrogen-bond donors (Lipinski definition) is 0. The van der Waals surface area contributed by atoms with Crippen molar-refractivity contribution in [3.05, 3.63) is 34.9 Å². The van der Waals surface area contributed by atoms with Crippen LogP contribution in [0.5, 0.6) is 0 Å². The third-order valence-corrected chi connectivity index (χ3v) is 3.78. The minimum Gasteiger partial charge on any atom is -0.381 e. The summed E-state index contributed by atoms with van der Waals surface area (Å²) >= 11 is 0. The van der Waals surface area contributed by atoms with E-state index < -0.39 is 0 Å². The summed E-state index contributed by atoms with van der Waals surface area (Å²) < 4.78 is 5.41. The number of benzene rings is 1. The number of hydrogen-bond acceptors (Lipinski definition) is 2. The Kier molecular flexibility index (Phi) is 4.54. The molecular weight excluding hydrogens is 224 g/mol. The Labute approximate surface area is 109 Å². The Morgan fingerprint density at radius 1 is 1.28 bits per heavy atom. The van der Waals surface area contributed by atoms with Gasteiger partial charge in [-0.15, -0.1) is 0 Å². The zero-order valence-corrected chi connectivity index (χ0v) is 11.4. The van der Waals surface area contributed by atoms with E-state index in [-0.39, 0.29) is 11.7 Å². The molecule has 1 aromatic rings. The first kappa shape index (κ1) is 13.3. The van der Waals surface area contributed by atoms with Gasteiger partial charge in [0.1, 0.15) is 0 Å². The van der Waals surface area contributed by atoms with E-state index in [1.165, 1.54) is 11.1 Å². The van der Waals surface area contributed by atoms with Crippen LogP contribution < -0.4 is 0 Å². The SMILES string of the molecule is CCc1ccc(C(=O)C2CCCOC2)cc1CC. The molecule has 1 aliphatic rings. The van der Waals surface area contributed by atoms with Crippen molar-refractivity contribution in [1.29, 1.82) is 0 Å². The van der Waals surface area contributed by atoms with Gasteiger partial charge in [-0.05, 0) is 42.9 Å². The summed E-state index contributed by atoms with van der Waals surface area (Å²) in [7, 11) is 0. The Hall–Kier alpha value is -1.15. The van der Waals surface area contributed by atoms with Gasteiger partial charge in [0, 0.05) is 18.1 Å². The van der Waals surface area contributed by atoms with E-state index in [4.69, 9.17) is 4.74 Å². The zero-order chi connectivity index (χ0) is 13.0. The third kappa shape index (κ3) is 2.81. The largest absolute Gasteiger partial charge is 0.381 e. The molecular formula is C16H22O2. The average Bonchev–Trinajstić information content (AvgIpc) is 2.46. The second-order valence-electron chi connectivity index (χ2n) is 4.97. The highest BCUT2D eigenvalue weighted by Gasteiger charge is 2.23. The first-order chi connectivity index (χ1) is 8.76. The Balaban J connectivity index is 2.19. The van der Waals surface area contributed by atoms with Gasteiger partial charge < -0.3 is 4.74 Å². The molecule has 1 aliphatic heterocycles. The Bertz CT molecular complexity index is 417. The highest BCUT2D eigenvalue weighted by atomic mass is 16.5. The fraction of sp³-hybridized carbons (Fsp3) is 0.562. The highest BCUT2D eigenvalue weighted by molar-refractivity contribution is 5.98. The number of rotatable bonds is 4. The molecule has 2 nitrogen and oxygen atoms in total. The second-order valence-corrected chi connectivity index (χ2v) is 4.97. The molecule has 1 atom stereocenters. The second kappa shape index (κ2) is 6.14. The molecule has 0 bridgehead atoms. The lowest BCUT2D eigenvalue weighted by Gasteiger charge is -2.21. The lowest BCUT2D eigenvalue weighted by atomic mass is 9.90. The number of carbonyl (C=O) groups excluding carboxylic acids is 1. The van der Waals surface area contributed by atoms with Crippen molar-refractivity contribution in [3.63, 3.8) is 0 Å². The number of ether oxygens (including phenoxy) is 1. The maximum absolute atomic E-state index is 12.4. The zero-order valence-electron chi connectivity index (χ0n) is 11.4. The van der Waals surface area contributed by atoms with Crippen molar-refractivity contribution in [3.8, 4) is 0 Å². The standard InChI is InChI=1S/C16H22O2/c1-3-12-7-8-14(10-13(12)4-2)16(17)15-6-5-9-18-11-15/h7-8,10,15H,3-6,9,11H2,1-2H3. The third-order valence-electron chi connectivity index (χ3n) is 3.78. The van der Waals surface area contributed by atoms with E-state index in [2.05, 4.69) is 26.0 Å². The van der Waals surface area contributed by atoms with Crippen LogP contribution in [0.4, 0.5) is 0 Å². The van der Waals surface area contributed by atoms with Gasteiger partial charge >= 0.3 is 0 Å². The van der Waals surface area contributed by atoms with Crippen molar-refractivity contribution in [2.75, 3.05) is 13.2 Å². The maximum atomic E-state index is 12.4. The number of carbonyl (C=O) groups is 1. The summed E-state index contributed by atoms with van der Waals surface area (Å²) in [5.41, 5.74) is 3.52. The lowest BCUT2D eigenvalue weighted by molar-refractivity contribution is 0.0461. The molecule has 0 amide bonds. The highest BCUT2D eigenvalue weighted by Crippen LogP contribution is 2.21. The molecule has 1 unspecified atom stereocenters. The Morgan fingerprint density at radius 2 is 2.06 bits per heavy atom. The molecule has 1 fully saturated rings. The van der Waals surface area contributed by atoms with Crippen molar-refractivity contribution in [2.45, 2.75) is 39.5 Å². The molecule has 2 heteroatoms. The quantitative estimate of drug-likeness (QED) is 0.761. The summed E-state index contributed by atoms with van der Waals surface area (Å²) in [6.07, 6.45) is 4.00.